The van der Waals surface area contributed by atoms with Crippen LogP contribution in [0, 0.1) is 6.92 Å². The molecule has 1 aromatic carbocycles. The van der Waals surface area contributed by atoms with Crippen molar-refractivity contribution in [2.24, 2.45) is 0 Å². The number of hydrogen-bond acceptors (Lipinski definition) is 7. The standard InChI is InChI=1S/C19H21N3O4S/c1-4-10-22(11-5-2)18(23)12-25-19(24)15-8-6-7-9-16(15)27-13-17-20-14(3)21-26-17/h4-9H,1-2,10-13H2,3H3. The minimum atomic E-state index is -0.565. The highest BCUT2D eigenvalue weighted by Crippen LogP contribution is 2.26. The average molecular weight is 387 g/mol. The third-order valence-electron chi connectivity index (χ3n) is 3.41. The van der Waals surface area contributed by atoms with Crippen molar-refractivity contribution < 1.29 is 18.8 Å². The van der Waals surface area contributed by atoms with Crippen LogP contribution < -0.4 is 0 Å². The second-order valence-corrected chi connectivity index (χ2v) is 6.49. The maximum atomic E-state index is 12.4. The quantitative estimate of drug-likeness (QED) is 0.352. The highest BCUT2D eigenvalue weighted by molar-refractivity contribution is 7.98. The van der Waals surface area contributed by atoms with Crippen LogP contribution in [-0.4, -0.2) is 46.6 Å². The van der Waals surface area contributed by atoms with Gasteiger partial charge in [-0.2, -0.15) is 4.98 Å². The van der Waals surface area contributed by atoms with Crippen LogP contribution in [0.2, 0.25) is 0 Å². The largest absolute Gasteiger partial charge is 0.452 e. The molecule has 1 heterocycles. The molecule has 0 atom stereocenters. The maximum Gasteiger partial charge on any atom is 0.339 e. The van der Waals surface area contributed by atoms with Gasteiger partial charge >= 0.3 is 5.97 Å². The van der Waals surface area contributed by atoms with E-state index in [0.717, 1.165) is 0 Å². The van der Waals surface area contributed by atoms with Gasteiger partial charge in [-0.05, 0) is 19.1 Å². The summed E-state index contributed by atoms with van der Waals surface area (Å²) >= 11 is 1.38. The van der Waals surface area contributed by atoms with E-state index < -0.39 is 5.97 Å². The molecule has 0 saturated carbocycles. The normalized spacial score (nSPS) is 10.3. The molecule has 8 heteroatoms. The summed E-state index contributed by atoms with van der Waals surface area (Å²) in [7, 11) is 0. The van der Waals surface area contributed by atoms with Gasteiger partial charge in [-0.25, -0.2) is 4.79 Å². The van der Waals surface area contributed by atoms with Gasteiger partial charge in [-0.15, -0.1) is 24.9 Å². The van der Waals surface area contributed by atoms with E-state index in [4.69, 9.17) is 9.26 Å². The van der Waals surface area contributed by atoms with Crippen LogP contribution in [0.15, 0.2) is 59.0 Å². The van der Waals surface area contributed by atoms with Gasteiger partial charge in [0.25, 0.3) is 5.91 Å². The summed E-state index contributed by atoms with van der Waals surface area (Å²) in [5, 5.41) is 3.73. The molecule has 1 amide bonds. The van der Waals surface area contributed by atoms with Gasteiger partial charge in [0.2, 0.25) is 5.89 Å². The van der Waals surface area contributed by atoms with Gasteiger partial charge in [0.15, 0.2) is 12.4 Å². The summed E-state index contributed by atoms with van der Waals surface area (Å²) in [6, 6.07) is 7.01. The molecule has 0 aliphatic carbocycles. The van der Waals surface area contributed by atoms with Crippen LogP contribution in [0.4, 0.5) is 0 Å². The van der Waals surface area contributed by atoms with Crippen LogP contribution in [0.5, 0.6) is 0 Å². The number of esters is 1. The van der Waals surface area contributed by atoms with Crippen molar-refractivity contribution in [2.45, 2.75) is 17.6 Å². The Kier molecular flexibility index (Phi) is 7.81. The fraction of sp³-hybridized carbons (Fsp3) is 0.263. The van der Waals surface area contributed by atoms with E-state index in [1.54, 1.807) is 37.3 Å². The lowest BCUT2D eigenvalue weighted by Gasteiger charge is -2.19. The minimum Gasteiger partial charge on any atom is -0.452 e. The van der Waals surface area contributed by atoms with E-state index in [9.17, 15) is 9.59 Å². The number of hydrogen-bond donors (Lipinski definition) is 0. The van der Waals surface area contributed by atoms with Crippen molar-refractivity contribution in [3.05, 3.63) is 66.9 Å². The summed E-state index contributed by atoms with van der Waals surface area (Å²) in [6.07, 6.45) is 3.21. The van der Waals surface area contributed by atoms with Crippen LogP contribution in [0.25, 0.3) is 0 Å². The first-order chi connectivity index (χ1) is 13.0. The number of amides is 1. The third kappa shape index (κ3) is 6.10. The van der Waals surface area contributed by atoms with Crippen molar-refractivity contribution in [3.63, 3.8) is 0 Å². The molecule has 2 rings (SSSR count). The smallest absolute Gasteiger partial charge is 0.339 e. The number of nitrogens with zero attached hydrogens (tertiary/aromatic N) is 3. The first-order valence-corrected chi connectivity index (χ1v) is 9.21. The first-order valence-electron chi connectivity index (χ1n) is 8.22. The maximum absolute atomic E-state index is 12.4. The lowest BCUT2D eigenvalue weighted by molar-refractivity contribution is -0.133. The molecule has 0 bridgehead atoms. The Morgan fingerprint density at radius 3 is 2.59 bits per heavy atom. The van der Waals surface area contributed by atoms with Crippen molar-refractivity contribution >= 4 is 23.6 Å². The van der Waals surface area contributed by atoms with Crippen molar-refractivity contribution in [2.75, 3.05) is 19.7 Å². The van der Waals surface area contributed by atoms with Gasteiger partial charge in [0.1, 0.15) is 0 Å². The molecule has 0 aliphatic heterocycles. The average Bonchev–Trinajstić information content (AvgIpc) is 3.09. The van der Waals surface area contributed by atoms with Crippen LogP contribution in [-0.2, 0) is 15.3 Å². The van der Waals surface area contributed by atoms with Gasteiger partial charge in [-0.1, -0.05) is 29.4 Å². The number of aromatic nitrogens is 2. The second-order valence-electron chi connectivity index (χ2n) is 5.47. The molecule has 0 unspecified atom stereocenters. The van der Waals surface area contributed by atoms with E-state index in [1.165, 1.54) is 16.7 Å². The van der Waals surface area contributed by atoms with Gasteiger partial charge in [0, 0.05) is 18.0 Å². The lowest BCUT2D eigenvalue weighted by atomic mass is 10.2. The first kappa shape index (κ1) is 20.4. The molecular weight excluding hydrogens is 366 g/mol. The second kappa shape index (κ2) is 10.3. The molecule has 0 fully saturated rings. The van der Waals surface area contributed by atoms with Gasteiger partial charge < -0.3 is 14.2 Å². The summed E-state index contributed by atoms with van der Waals surface area (Å²) in [5.74, 6) is 0.581. The van der Waals surface area contributed by atoms with E-state index in [1.807, 2.05) is 6.07 Å². The van der Waals surface area contributed by atoms with Crippen molar-refractivity contribution in [3.8, 4) is 0 Å². The van der Waals surface area contributed by atoms with Crippen LogP contribution >= 0.6 is 11.8 Å². The fourth-order valence-corrected chi connectivity index (χ4v) is 3.06. The van der Waals surface area contributed by atoms with Crippen molar-refractivity contribution in [1.29, 1.82) is 0 Å². The zero-order valence-electron chi connectivity index (χ0n) is 15.1. The van der Waals surface area contributed by atoms with E-state index in [2.05, 4.69) is 23.3 Å². The molecular formula is C19H21N3O4S. The Labute approximate surface area is 162 Å². The number of aryl methyl sites for hydroxylation is 1. The van der Waals surface area contributed by atoms with E-state index in [-0.39, 0.29) is 12.5 Å². The zero-order chi connectivity index (χ0) is 19.6. The molecule has 1 aromatic heterocycles. The minimum absolute atomic E-state index is 0.311. The SMILES string of the molecule is C=CCN(CC=C)C(=O)COC(=O)c1ccccc1SCc1nc(C)no1. The predicted molar refractivity (Wildman–Crippen MR) is 102 cm³/mol. The number of rotatable bonds is 10. The van der Waals surface area contributed by atoms with Gasteiger partial charge in [0.05, 0.1) is 11.3 Å². The molecule has 0 saturated heterocycles. The summed E-state index contributed by atoms with van der Waals surface area (Å²) < 4.78 is 10.3. The van der Waals surface area contributed by atoms with Crippen LogP contribution in [0.1, 0.15) is 22.1 Å². The van der Waals surface area contributed by atoms with Gasteiger partial charge in [-0.3, -0.25) is 4.79 Å². The number of benzene rings is 1. The monoisotopic (exact) mass is 387 g/mol. The van der Waals surface area contributed by atoms with E-state index >= 15 is 0 Å². The third-order valence-corrected chi connectivity index (χ3v) is 4.46. The molecule has 7 nitrogen and oxygen atoms in total. The van der Waals surface area contributed by atoms with Crippen molar-refractivity contribution in [1.82, 2.24) is 15.0 Å². The Hall–Kier alpha value is -2.87. The number of carbonyl (C=O) groups excluding carboxylic acids is 2. The Bertz CT molecular complexity index is 809. The Morgan fingerprint density at radius 1 is 1.26 bits per heavy atom. The molecule has 0 spiro atoms. The Balaban J connectivity index is 1.98. The van der Waals surface area contributed by atoms with Crippen LogP contribution in [0.3, 0.4) is 0 Å². The highest BCUT2D eigenvalue weighted by Gasteiger charge is 2.17. The highest BCUT2D eigenvalue weighted by atomic mass is 32.2. The summed E-state index contributed by atoms with van der Waals surface area (Å²) in [4.78, 5) is 30.9. The zero-order valence-corrected chi connectivity index (χ0v) is 15.9. The fourth-order valence-electron chi connectivity index (χ4n) is 2.19. The number of carbonyl (C=O) groups is 2. The lowest BCUT2D eigenvalue weighted by Crippen LogP contribution is -2.35. The Morgan fingerprint density at radius 2 is 1.96 bits per heavy atom. The molecule has 0 aliphatic rings. The van der Waals surface area contributed by atoms with E-state index in [0.29, 0.717) is 41.0 Å². The molecule has 27 heavy (non-hydrogen) atoms. The predicted octanol–water partition coefficient (Wildman–Crippen LogP) is 3.03. The summed E-state index contributed by atoms with van der Waals surface area (Å²) in [6.45, 7) is 9.33. The topological polar surface area (TPSA) is 85.5 Å². The molecule has 0 radical (unpaired) electrons. The number of thioether (sulfide) groups is 1. The number of ether oxygens (including phenoxy) is 1. The molecule has 2 aromatic rings. The molecule has 142 valence electrons. The molecule has 0 N–H and O–H groups in total. The summed E-state index contributed by atoms with van der Waals surface area (Å²) in [5.41, 5.74) is 0.380.